The molecule has 0 aromatic carbocycles. The Bertz CT molecular complexity index is 281. The molecule has 0 aromatic heterocycles. The molecular weight excluding hydrogens is 256 g/mol. The van der Waals surface area contributed by atoms with E-state index >= 15 is 0 Å². The van der Waals surface area contributed by atoms with Gasteiger partial charge in [-0.15, -0.1) is 0 Å². The molecular formula is C15H30N2O3. The first-order valence-electron chi connectivity index (χ1n) is 7.68. The largest absolute Gasteiger partial charge is 0.379 e. The van der Waals surface area contributed by atoms with Crippen LogP contribution in [0.15, 0.2) is 0 Å². The lowest BCUT2D eigenvalue weighted by Crippen LogP contribution is -2.42. The molecule has 5 heteroatoms. The Kier molecular flexibility index (Phi) is 7.48. The third-order valence-electron chi connectivity index (χ3n) is 3.56. The van der Waals surface area contributed by atoms with Crippen LogP contribution in [-0.2, 0) is 14.3 Å². The summed E-state index contributed by atoms with van der Waals surface area (Å²) in [4.78, 5) is 14.0. The molecule has 1 heterocycles. The number of carbonyl (C=O) groups excluding carboxylic acids is 1. The van der Waals surface area contributed by atoms with Gasteiger partial charge in [-0.05, 0) is 40.0 Å². The highest BCUT2D eigenvalue weighted by molar-refractivity contribution is 5.76. The number of likely N-dealkylation sites (tertiary alicyclic amines) is 1. The Labute approximate surface area is 122 Å². The Morgan fingerprint density at radius 2 is 1.95 bits per heavy atom. The highest BCUT2D eigenvalue weighted by Crippen LogP contribution is 2.16. The number of rotatable bonds is 8. The quantitative estimate of drug-likeness (QED) is 0.688. The molecule has 5 nitrogen and oxygen atoms in total. The normalized spacial score (nSPS) is 17.5. The van der Waals surface area contributed by atoms with Gasteiger partial charge in [-0.2, -0.15) is 0 Å². The van der Waals surface area contributed by atoms with Crippen LogP contribution in [0.3, 0.4) is 0 Å². The molecule has 1 amide bonds. The third kappa shape index (κ3) is 7.22. The number of hydrogen-bond donors (Lipinski definition) is 1. The van der Waals surface area contributed by atoms with Crippen LogP contribution in [0, 0.1) is 0 Å². The zero-order chi connectivity index (χ0) is 15.0. The fourth-order valence-corrected chi connectivity index (χ4v) is 2.28. The minimum Gasteiger partial charge on any atom is -0.379 e. The second-order valence-corrected chi connectivity index (χ2v) is 6.14. The van der Waals surface area contributed by atoms with Crippen molar-refractivity contribution in [1.29, 1.82) is 0 Å². The van der Waals surface area contributed by atoms with Gasteiger partial charge in [0.2, 0.25) is 5.91 Å². The van der Waals surface area contributed by atoms with Gasteiger partial charge in [-0.25, -0.2) is 0 Å². The molecule has 0 aliphatic carbocycles. The molecule has 1 rings (SSSR count). The lowest BCUT2D eigenvalue weighted by atomic mass is 9.99. The van der Waals surface area contributed by atoms with Crippen LogP contribution < -0.4 is 5.73 Å². The van der Waals surface area contributed by atoms with Gasteiger partial charge < -0.3 is 20.1 Å². The smallest absolute Gasteiger partial charge is 0.222 e. The Hall–Kier alpha value is -0.650. The average Bonchev–Trinajstić information content (AvgIpc) is 2.41. The van der Waals surface area contributed by atoms with Gasteiger partial charge in [-0.3, -0.25) is 4.79 Å². The first kappa shape index (κ1) is 17.4. The molecule has 1 saturated heterocycles. The van der Waals surface area contributed by atoms with Crippen LogP contribution in [0.1, 0.15) is 46.5 Å². The second kappa shape index (κ2) is 8.60. The molecule has 118 valence electrons. The van der Waals surface area contributed by atoms with Crippen molar-refractivity contribution in [1.82, 2.24) is 4.90 Å². The molecule has 0 atom stereocenters. The first-order valence-corrected chi connectivity index (χ1v) is 7.68. The molecule has 0 aromatic rings. The summed E-state index contributed by atoms with van der Waals surface area (Å²) in [6.07, 6.45) is 3.38. The predicted molar refractivity (Wildman–Crippen MR) is 79.5 cm³/mol. The van der Waals surface area contributed by atoms with E-state index in [4.69, 9.17) is 15.2 Å². The highest BCUT2D eigenvalue weighted by Gasteiger charge is 2.24. The summed E-state index contributed by atoms with van der Waals surface area (Å²) in [7, 11) is 0. The maximum Gasteiger partial charge on any atom is 0.222 e. The summed E-state index contributed by atoms with van der Waals surface area (Å²) >= 11 is 0. The number of carbonyl (C=O) groups is 1. The minimum atomic E-state index is -0.267. The van der Waals surface area contributed by atoms with Crippen LogP contribution in [0.25, 0.3) is 0 Å². The van der Waals surface area contributed by atoms with Crippen molar-refractivity contribution in [3.05, 3.63) is 0 Å². The maximum atomic E-state index is 12.1. The van der Waals surface area contributed by atoms with E-state index in [0.29, 0.717) is 19.6 Å². The van der Waals surface area contributed by atoms with Gasteiger partial charge in [0.15, 0.2) is 0 Å². The van der Waals surface area contributed by atoms with Crippen LogP contribution in [0.2, 0.25) is 0 Å². The number of piperidine rings is 1. The molecule has 2 N–H and O–H groups in total. The molecule has 0 spiro atoms. The fraction of sp³-hybridized carbons (Fsp3) is 0.933. The van der Waals surface area contributed by atoms with Crippen LogP contribution >= 0.6 is 0 Å². The van der Waals surface area contributed by atoms with Crippen molar-refractivity contribution in [2.45, 2.75) is 58.1 Å². The highest BCUT2D eigenvalue weighted by atomic mass is 16.5. The predicted octanol–water partition coefficient (Wildman–Crippen LogP) is 1.55. The van der Waals surface area contributed by atoms with E-state index in [1.54, 1.807) is 0 Å². The number of nitrogens with two attached hydrogens (primary N) is 1. The van der Waals surface area contributed by atoms with Crippen LogP contribution in [-0.4, -0.2) is 55.4 Å². The monoisotopic (exact) mass is 286 g/mol. The summed E-state index contributed by atoms with van der Waals surface area (Å²) in [5.41, 5.74) is 5.64. The van der Waals surface area contributed by atoms with Crippen molar-refractivity contribution < 1.29 is 14.3 Å². The van der Waals surface area contributed by atoms with E-state index in [9.17, 15) is 4.79 Å². The zero-order valence-electron chi connectivity index (χ0n) is 13.2. The summed E-state index contributed by atoms with van der Waals surface area (Å²) < 4.78 is 11.0. The van der Waals surface area contributed by atoms with E-state index in [1.807, 2.05) is 25.7 Å². The van der Waals surface area contributed by atoms with Gasteiger partial charge in [0, 0.05) is 31.7 Å². The van der Waals surface area contributed by atoms with Gasteiger partial charge in [-0.1, -0.05) is 0 Å². The maximum absolute atomic E-state index is 12.1. The van der Waals surface area contributed by atoms with E-state index in [-0.39, 0.29) is 17.6 Å². The summed E-state index contributed by atoms with van der Waals surface area (Å²) in [5, 5.41) is 0. The van der Waals surface area contributed by atoms with Crippen molar-refractivity contribution >= 4 is 5.91 Å². The van der Waals surface area contributed by atoms with Crippen molar-refractivity contribution in [2.75, 3.05) is 32.9 Å². The summed E-state index contributed by atoms with van der Waals surface area (Å²) in [5.74, 6) is 0.219. The third-order valence-corrected chi connectivity index (χ3v) is 3.56. The minimum absolute atomic E-state index is 0.219. The Balaban J connectivity index is 2.16. The number of ether oxygens (including phenoxy) is 2. The van der Waals surface area contributed by atoms with E-state index in [0.717, 1.165) is 39.0 Å². The number of amides is 1. The van der Waals surface area contributed by atoms with E-state index in [1.165, 1.54) is 0 Å². The molecule has 1 aliphatic heterocycles. The molecule has 0 bridgehead atoms. The fourth-order valence-electron chi connectivity index (χ4n) is 2.28. The molecule has 20 heavy (non-hydrogen) atoms. The van der Waals surface area contributed by atoms with Crippen LogP contribution in [0.5, 0.6) is 0 Å². The van der Waals surface area contributed by atoms with Gasteiger partial charge >= 0.3 is 0 Å². The molecule has 0 radical (unpaired) electrons. The van der Waals surface area contributed by atoms with E-state index < -0.39 is 0 Å². The Morgan fingerprint density at radius 3 is 2.50 bits per heavy atom. The van der Waals surface area contributed by atoms with Crippen LogP contribution in [0.4, 0.5) is 0 Å². The topological polar surface area (TPSA) is 64.8 Å². The average molecular weight is 286 g/mol. The zero-order valence-corrected chi connectivity index (χ0v) is 13.2. The Morgan fingerprint density at radius 1 is 1.30 bits per heavy atom. The van der Waals surface area contributed by atoms with Gasteiger partial charge in [0.1, 0.15) is 0 Å². The number of hydrogen-bond acceptors (Lipinski definition) is 4. The van der Waals surface area contributed by atoms with Crippen molar-refractivity contribution in [3.8, 4) is 0 Å². The second-order valence-electron chi connectivity index (χ2n) is 6.14. The molecule has 0 unspecified atom stereocenters. The van der Waals surface area contributed by atoms with Crippen molar-refractivity contribution in [2.24, 2.45) is 5.73 Å². The first-order chi connectivity index (χ1) is 9.42. The molecule has 0 saturated carbocycles. The van der Waals surface area contributed by atoms with E-state index in [2.05, 4.69) is 0 Å². The van der Waals surface area contributed by atoms with Gasteiger partial charge in [0.05, 0.1) is 19.3 Å². The molecule has 1 aliphatic rings. The van der Waals surface area contributed by atoms with Crippen molar-refractivity contribution in [3.63, 3.8) is 0 Å². The summed E-state index contributed by atoms with van der Waals surface area (Å²) in [6, 6.07) is 0. The standard InChI is InChI=1S/C15H30N2O3/c1-4-19-11-12-20-13-6-9-17(10-7-13)14(18)5-8-15(2,3)16/h13H,4-12,16H2,1-3H3. The SMILES string of the molecule is CCOCCOC1CCN(C(=O)CCC(C)(C)N)CC1. The lowest BCUT2D eigenvalue weighted by molar-refractivity contribution is -0.134. The summed E-state index contributed by atoms with van der Waals surface area (Å²) in [6.45, 7) is 9.51. The number of nitrogens with zero attached hydrogens (tertiary/aromatic N) is 1. The molecule has 1 fully saturated rings. The lowest BCUT2D eigenvalue weighted by Gasteiger charge is -2.32. The van der Waals surface area contributed by atoms with Gasteiger partial charge in [0.25, 0.3) is 0 Å².